The molecule has 0 amide bonds. The van der Waals surface area contributed by atoms with E-state index < -0.39 is 53.1 Å². The first-order chi connectivity index (χ1) is 9.91. The number of carboxylic acid groups (broad SMARTS) is 1. The molecule has 1 heterocycles. The molecular formula is C12H7ClF6O3. The summed E-state index contributed by atoms with van der Waals surface area (Å²) in [7, 11) is 0. The van der Waals surface area contributed by atoms with Gasteiger partial charge in [-0.3, -0.25) is 4.79 Å². The molecule has 10 heteroatoms. The van der Waals surface area contributed by atoms with Gasteiger partial charge in [0.2, 0.25) is 6.10 Å². The van der Waals surface area contributed by atoms with Gasteiger partial charge < -0.3 is 9.84 Å². The van der Waals surface area contributed by atoms with E-state index in [0.29, 0.717) is 6.07 Å². The topological polar surface area (TPSA) is 46.5 Å². The number of aliphatic carboxylic acids is 1. The summed E-state index contributed by atoms with van der Waals surface area (Å²) in [5.41, 5.74) is -1.46. The molecule has 0 saturated heterocycles. The van der Waals surface area contributed by atoms with Crippen LogP contribution in [0.1, 0.15) is 11.1 Å². The van der Waals surface area contributed by atoms with Crippen LogP contribution in [0.4, 0.5) is 26.3 Å². The Hall–Kier alpha value is -1.64. The fourth-order valence-corrected chi connectivity index (χ4v) is 2.45. The van der Waals surface area contributed by atoms with E-state index in [1.54, 1.807) is 0 Å². The summed E-state index contributed by atoms with van der Waals surface area (Å²) >= 11 is 5.45. The first-order valence-electron chi connectivity index (χ1n) is 5.77. The number of carboxylic acids is 1. The number of carbonyl (C=O) groups is 1. The average Bonchev–Trinajstić information content (AvgIpc) is 2.33. The lowest BCUT2D eigenvalue weighted by Crippen LogP contribution is -2.47. The van der Waals surface area contributed by atoms with E-state index in [1.165, 1.54) is 0 Å². The van der Waals surface area contributed by atoms with Crippen molar-refractivity contribution in [2.45, 2.75) is 24.9 Å². The number of benzene rings is 1. The second-order valence-electron chi connectivity index (χ2n) is 4.67. The maximum Gasteiger partial charge on any atom is 0.426 e. The Morgan fingerprint density at radius 1 is 1.23 bits per heavy atom. The van der Waals surface area contributed by atoms with Crippen LogP contribution in [0.3, 0.4) is 0 Å². The molecular weight excluding hydrogens is 342 g/mol. The van der Waals surface area contributed by atoms with E-state index in [2.05, 4.69) is 4.74 Å². The number of ether oxygens (including phenoxy) is 1. The van der Waals surface area contributed by atoms with Gasteiger partial charge in [-0.25, -0.2) is 0 Å². The number of halogens is 7. The minimum atomic E-state index is -5.03. The monoisotopic (exact) mass is 348 g/mol. The molecule has 3 nitrogen and oxygen atoms in total. The minimum Gasteiger partial charge on any atom is -0.481 e. The van der Waals surface area contributed by atoms with Crippen molar-refractivity contribution < 1.29 is 41.0 Å². The van der Waals surface area contributed by atoms with Gasteiger partial charge in [0.1, 0.15) is 11.7 Å². The van der Waals surface area contributed by atoms with Crippen molar-refractivity contribution in [2.24, 2.45) is 5.92 Å². The van der Waals surface area contributed by atoms with Crippen molar-refractivity contribution in [3.8, 4) is 5.75 Å². The maximum atomic E-state index is 12.8. The van der Waals surface area contributed by atoms with Gasteiger partial charge in [0, 0.05) is 0 Å². The van der Waals surface area contributed by atoms with Gasteiger partial charge >= 0.3 is 18.3 Å². The van der Waals surface area contributed by atoms with Crippen LogP contribution < -0.4 is 4.74 Å². The molecule has 1 aliphatic rings. The zero-order valence-corrected chi connectivity index (χ0v) is 11.2. The first kappa shape index (κ1) is 16.7. The van der Waals surface area contributed by atoms with E-state index >= 15 is 0 Å². The van der Waals surface area contributed by atoms with Crippen molar-refractivity contribution >= 4 is 17.6 Å². The highest BCUT2D eigenvalue weighted by atomic mass is 35.5. The van der Waals surface area contributed by atoms with Gasteiger partial charge in [-0.05, 0) is 24.1 Å². The Labute approximate surface area is 124 Å². The van der Waals surface area contributed by atoms with Gasteiger partial charge in [0.25, 0.3) is 0 Å². The van der Waals surface area contributed by atoms with E-state index in [9.17, 15) is 31.1 Å². The number of hydrogen-bond acceptors (Lipinski definition) is 2. The fraction of sp³-hybridized carbons (Fsp3) is 0.417. The van der Waals surface area contributed by atoms with Crippen molar-refractivity contribution in [3.63, 3.8) is 0 Å². The molecule has 1 aromatic rings. The highest BCUT2D eigenvalue weighted by Gasteiger charge is 2.52. The number of fused-ring (bicyclic) bond motifs is 1. The Bertz CT molecular complexity index is 610. The molecule has 0 aliphatic carbocycles. The number of alkyl halides is 6. The lowest BCUT2D eigenvalue weighted by atomic mass is 9.89. The van der Waals surface area contributed by atoms with E-state index in [1.807, 2.05) is 0 Å². The normalized spacial score (nSPS) is 22.0. The second-order valence-corrected chi connectivity index (χ2v) is 5.07. The highest BCUT2D eigenvalue weighted by Crippen LogP contribution is 2.44. The van der Waals surface area contributed by atoms with Crippen LogP contribution in [0.5, 0.6) is 5.75 Å². The molecule has 122 valence electrons. The summed E-state index contributed by atoms with van der Waals surface area (Å²) in [6.45, 7) is 0. The zero-order valence-electron chi connectivity index (χ0n) is 10.4. The van der Waals surface area contributed by atoms with Crippen molar-refractivity contribution in [1.82, 2.24) is 0 Å². The quantitative estimate of drug-likeness (QED) is 0.782. The molecule has 0 spiro atoms. The molecule has 0 fully saturated rings. The summed E-state index contributed by atoms with van der Waals surface area (Å²) in [6, 6.07) is 1.14. The van der Waals surface area contributed by atoms with Crippen LogP contribution in [0.15, 0.2) is 12.1 Å². The minimum absolute atomic E-state index is 0.120. The third kappa shape index (κ3) is 3.08. The molecule has 0 unspecified atom stereocenters. The van der Waals surface area contributed by atoms with Crippen molar-refractivity contribution in [3.05, 3.63) is 28.3 Å². The Kier molecular flexibility index (Phi) is 3.97. The van der Waals surface area contributed by atoms with Gasteiger partial charge in [0.05, 0.1) is 10.6 Å². The van der Waals surface area contributed by atoms with Crippen LogP contribution in [-0.4, -0.2) is 23.4 Å². The lowest BCUT2D eigenvalue weighted by Gasteiger charge is -2.33. The summed E-state index contributed by atoms with van der Waals surface area (Å²) in [5, 5.41) is 8.13. The molecule has 1 N–H and O–H groups in total. The Balaban J connectivity index is 2.51. The van der Waals surface area contributed by atoms with Gasteiger partial charge in [-0.1, -0.05) is 11.6 Å². The number of rotatable bonds is 1. The molecule has 2 atom stereocenters. The second kappa shape index (κ2) is 5.22. The standard InChI is InChI=1S/C12H7ClF6O3/c13-7-2-4-1-5(10(20)21)9(12(17,18)19)22-8(4)3-6(7)11(14,15)16/h2-3,5,9H,1H2,(H,20,21)/t5-,9+/m1/s1. The number of hydrogen-bond donors (Lipinski definition) is 1. The summed E-state index contributed by atoms with van der Waals surface area (Å²) in [5.74, 6) is -4.39. The van der Waals surface area contributed by atoms with E-state index in [4.69, 9.17) is 16.7 Å². The molecule has 0 aromatic heterocycles. The predicted octanol–water partition coefficient (Wildman–Crippen LogP) is 3.93. The van der Waals surface area contributed by atoms with Crippen LogP contribution in [0.2, 0.25) is 5.02 Å². The van der Waals surface area contributed by atoms with Gasteiger partial charge in [0.15, 0.2) is 0 Å². The van der Waals surface area contributed by atoms with E-state index in [-0.39, 0.29) is 5.56 Å². The molecule has 0 saturated carbocycles. The summed E-state index contributed by atoms with van der Waals surface area (Å²) in [4.78, 5) is 10.9. The predicted molar refractivity (Wildman–Crippen MR) is 61.8 cm³/mol. The summed E-state index contributed by atoms with van der Waals surface area (Å²) in [6.07, 6.45) is -13.3. The Morgan fingerprint density at radius 3 is 2.27 bits per heavy atom. The Morgan fingerprint density at radius 2 is 1.82 bits per heavy atom. The molecule has 0 radical (unpaired) electrons. The van der Waals surface area contributed by atoms with Crippen molar-refractivity contribution in [1.29, 1.82) is 0 Å². The fourth-order valence-electron chi connectivity index (χ4n) is 2.16. The smallest absolute Gasteiger partial charge is 0.426 e. The van der Waals surface area contributed by atoms with E-state index in [0.717, 1.165) is 6.07 Å². The van der Waals surface area contributed by atoms with Crippen LogP contribution >= 0.6 is 11.6 Å². The van der Waals surface area contributed by atoms with Crippen LogP contribution in [0, 0.1) is 5.92 Å². The van der Waals surface area contributed by atoms with Crippen LogP contribution in [0.25, 0.3) is 0 Å². The molecule has 2 rings (SSSR count). The molecule has 1 aliphatic heterocycles. The van der Waals surface area contributed by atoms with Crippen molar-refractivity contribution in [2.75, 3.05) is 0 Å². The average molecular weight is 349 g/mol. The lowest BCUT2D eigenvalue weighted by molar-refractivity contribution is -0.217. The molecule has 22 heavy (non-hydrogen) atoms. The summed E-state index contributed by atoms with van der Waals surface area (Å²) < 4.78 is 81.1. The third-order valence-corrected chi connectivity index (χ3v) is 3.47. The zero-order chi connectivity index (χ0) is 16.9. The molecule has 0 bridgehead atoms. The van der Waals surface area contributed by atoms with Gasteiger partial charge in [-0.15, -0.1) is 0 Å². The van der Waals surface area contributed by atoms with Crippen LogP contribution in [-0.2, 0) is 17.4 Å². The largest absolute Gasteiger partial charge is 0.481 e. The third-order valence-electron chi connectivity index (χ3n) is 3.15. The highest BCUT2D eigenvalue weighted by molar-refractivity contribution is 6.31. The van der Waals surface area contributed by atoms with Gasteiger partial charge in [-0.2, -0.15) is 26.3 Å². The maximum absolute atomic E-state index is 12.8. The first-order valence-corrected chi connectivity index (χ1v) is 6.15. The molecule has 1 aromatic carbocycles. The SMILES string of the molecule is O=C(O)[C@@H]1Cc2cc(Cl)c(C(F)(F)F)cc2O[C@@H]1C(F)(F)F.